The summed E-state index contributed by atoms with van der Waals surface area (Å²) in [7, 11) is 0. The van der Waals surface area contributed by atoms with Gasteiger partial charge in [0.1, 0.15) is 17.3 Å². The molecule has 0 spiro atoms. The van der Waals surface area contributed by atoms with Crippen molar-refractivity contribution in [2.45, 2.75) is 0 Å². The lowest BCUT2D eigenvalue weighted by Crippen LogP contribution is -2.01. The van der Waals surface area contributed by atoms with Gasteiger partial charge in [-0.2, -0.15) is 0 Å². The molecule has 0 amide bonds. The molecule has 12 aromatic rings. The van der Waals surface area contributed by atoms with E-state index in [-0.39, 0.29) is 27.9 Å². The Balaban J connectivity index is 0.921. The Hall–Kier alpha value is -8.29. The van der Waals surface area contributed by atoms with Crippen LogP contribution in [-0.4, -0.2) is 14.1 Å². The van der Waals surface area contributed by atoms with Crippen LogP contribution in [0.3, 0.4) is 0 Å². The van der Waals surface area contributed by atoms with E-state index in [0.717, 1.165) is 43.6 Å². The van der Waals surface area contributed by atoms with Crippen molar-refractivity contribution in [3.05, 3.63) is 234 Å². The quantitative estimate of drug-likeness (QED) is 0.144. The first-order valence-corrected chi connectivity index (χ1v) is 22.0. The lowest BCUT2D eigenvalue weighted by Gasteiger charge is -2.20. The molecule has 9 aromatic carbocycles. The summed E-state index contributed by atoms with van der Waals surface area (Å²) in [6, 6.07) is 43.7. The molecule has 2 N–H and O–H groups in total. The van der Waals surface area contributed by atoms with Crippen LogP contribution in [0, 0.1) is 0 Å². The van der Waals surface area contributed by atoms with Crippen LogP contribution in [0.25, 0.3) is 77.4 Å². The van der Waals surface area contributed by atoms with Crippen molar-refractivity contribution in [2.75, 3.05) is 10.6 Å². The van der Waals surface area contributed by atoms with E-state index < -0.39 is 60.4 Å². The monoisotopic (exact) mass is 913 g/mol. The Morgan fingerprint density at radius 2 is 1.01 bits per heavy atom. The predicted octanol–water partition coefficient (Wildman–Crippen LogP) is 17.2. The first kappa shape index (κ1) is 30.8. The number of aromatic nitrogens is 3. The van der Waals surface area contributed by atoms with Gasteiger partial charge in [-0.15, -0.1) is 0 Å². The van der Waals surface area contributed by atoms with E-state index in [1.165, 1.54) is 0 Å². The van der Waals surface area contributed by atoms with Gasteiger partial charge >= 0.3 is 0 Å². The number of hydrogen-bond donors (Lipinski definition) is 2. The van der Waals surface area contributed by atoms with Crippen LogP contribution >= 0.6 is 23.2 Å². The summed E-state index contributed by atoms with van der Waals surface area (Å²) in [5.74, 6) is 1.74. The molecule has 0 aliphatic heterocycles. The van der Waals surface area contributed by atoms with Gasteiger partial charge in [-0.05, 0) is 71.8 Å². The van der Waals surface area contributed by atoms with E-state index in [9.17, 15) is 0 Å². The van der Waals surface area contributed by atoms with Crippen molar-refractivity contribution in [1.82, 2.24) is 14.1 Å². The normalized spacial score (nSPS) is 13.5. The number of rotatable bonds is 10. The van der Waals surface area contributed by atoms with Crippen LogP contribution in [-0.2, 0) is 0 Å². The predicted molar refractivity (Wildman–Crippen MR) is 280 cm³/mol. The molecule has 0 atom stereocenters. The van der Waals surface area contributed by atoms with E-state index in [1.54, 1.807) is 30.3 Å². The molecule has 3 heterocycles. The van der Waals surface area contributed by atoms with Gasteiger partial charge in [0.05, 0.1) is 68.6 Å². The third-order valence-corrected chi connectivity index (χ3v) is 12.3. The van der Waals surface area contributed by atoms with Crippen molar-refractivity contribution < 1.29 is 18.4 Å². The number of pyridine rings is 1. The van der Waals surface area contributed by atoms with Gasteiger partial charge in [-0.1, -0.05) is 162 Å². The summed E-state index contributed by atoms with van der Waals surface area (Å²) in [5.41, 5.74) is 6.07. The number of nitrogens with one attached hydrogen (secondary N) is 2. The number of halogens is 2. The Kier molecular flexibility index (Phi) is 7.78. The van der Waals surface area contributed by atoms with Gasteiger partial charge in [-0.3, -0.25) is 4.57 Å². The lowest BCUT2D eigenvalue weighted by molar-refractivity contribution is 0.483. The first-order valence-electron chi connectivity index (χ1n) is 26.3. The second-order valence-electron chi connectivity index (χ2n) is 15.7. The highest BCUT2D eigenvalue weighted by atomic mass is 35.5. The fourth-order valence-electron chi connectivity index (χ4n) is 8.82. The maximum absolute atomic E-state index is 8.91. The maximum atomic E-state index is 8.91. The number of para-hydroxylation sites is 6. The molecule has 12 rings (SSSR count). The van der Waals surface area contributed by atoms with E-state index in [2.05, 4.69) is 44.0 Å². The number of anilines is 4. The lowest BCUT2D eigenvalue weighted by atomic mass is 9.95. The van der Waals surface area contributed by atoms with Gasteiger partial charge in [0, 0.05) is 62.8 Å². The molecule has 0 bridgehead atoms. The van der Waals surface area contributed by atoms with Crippen LogP contribution in [0.15, 0.2) is 224 Å². The van der Waals surface area contributed by atoms with Crippen molar-refractivity contribution in [1.29, 1.82) is 0 Å². The second-order valence-corrected chi connectivity index (χ2v) is 16.5. The van der Waals surface area contributed by atoms with Crippen LogP contribution in [0.4, 0.5) is 22.7 Å². The molecule has 320 valence electrons. The topological polar surface area (TPSA) is 56.0 Å². The van der Waals surface area contributed by atoms with Crippen LogP contribution in [0.2, 0.25) is 10.0 Å². The van der Waals surface area contributed by atoms with Crippen molar-refractivity contribution in [3.8, 4) is 45.3 Å². The molecule has 8 heteroatoms. The molecule has 0 saturated heterocycles. The zero-order chi connectivity index (χ0) is 53.6. The third-order valence-electron chi connectivity index (χ3n) is 11.7. The second kappa shape index (κ2) is 16.9. The van der Waals surface area contributed by atoms with E-state index in [4.69, 9.17) is 46.6 Å². The number of hydrogen-bond acceptors (Lipinski definition) is 4. The molecular weight excluding hydrogens is 866 g/mol. The highest BCUT2D eigenvalue weighted by molar-refractivity contribution is 6.38. The highest BCUT2D eigenvalue weighted by Gasteiger charge is 2.21. The van der Waals surface area contributed by atoms with Crippen LogP contribution in [0.5, 0.6) is 11.5 Å². The van der Waals surface area contributed by atoms with Crippen molar-refractivity contribution in [2.24, 2.45) is 0 Å². The average Bonchev–Trinajstić information content (AvgIpc) is 4.13. The summed E-state index contributed by atoms with van der Waals surface area (Å²) in [4.78, 5) is 5.08. The smallest absolute Gasteiger partial charge is 0.139 e. The van der Waals surface area contributed by atoms with Gasteiger partial charge < -0.3 is 19.9 Å². The molecule has 0 saturated carbocycles. The molecule has 0 unspecified atom stereocenters. The molecule has 0 aliphatic carbocycles. The first-order chi connectivity index (χ1) is 37.2. The fourth-order valence-corrected chi connectivity index (χ4v) is 9.38. The SMILES string of the molecule is [2H]c1c([2H])c([2H])c(-c2cccc(-c3c([2H])c([2H])c([2H])c([2H])c3[2H])c2Nc2ccccc2Nc2cccc(Oc3ccc4c5ccccc5n(-c5cc6c(cn5)c5ccccc5n6-c5c(Cl)cccc5Cl)c4c3)c2)c([2H])c1[2H]. The van der Waals surface area contributed by atoms with Gasteiger partial charge in [0.2, 0.25) is 0 Å². The third kappa shape index (κ3) is 7.29. The zero-order valence-electron chi connectivity index (χ0n) is 45.1. The Bertz CT molecular complexity index is 4280. The van der Waals surface area contributed by atoms with Crippen molar-refractivity contribution >= 4 is 89.6 Å². The number of nitrogens with zero attached hydrogens (tertiary/aromatic N) is 3. The molecule has 0 fully saturated rings. The average molecular weight is 915 g/mol. The van der Waals surface area contributed by atoms with Gasteiger partial charge in [0.15, 0.2) is 0 Å². The van der Waals surface area contributed by atoms with Crippen LogP contribution in [0.1, 0.15) is 13.7 Å². The highest BCUT2D eigenvalue weighted by Crippen LogP contribution is 2.43. The number of ether oxygens (including phenoxy) is 1. The molecule has 67 heavy (non-hydrogen) atoms. The zero-order valence-corrected chi connectivity index (χ0v) is 36.6. The Morgan fingerprint density at radius 3 is 1.72 bits per heavy atom. The minimum atomic E-state index is -0.572. The molecule has 0 radical (unpaired) electrons. The maximum Gasteiger partial charge on any atom is 0.139 e. The molecule has 3 aromatic heterocycles. The van der Waals surface area contributed by atoms with E-state index in [1.807, 2.05) is 109 Å². The number of benzene rings is 9. The Labute approximate surface area is 410 Å². The van der Waals surface area contributed by atoms with E-state index in [0.29, 0.717) is 50.1 Å². The molecular formula is C59H39Cl2N5O. The van der Waals surface area contributed by atoms with E-state index >= 15 is 0 Å². The summed E-state index contributed by atoms with van der Waals surface area (Å²) in [6.45, 7) is 0. The summed E-state index contributed by atoms with van der Waals surface area (Å²) in [6.07, 6.45) is 1.89. The molecule has 0 aliphatic rings. The summed E-state index contributed by atoms with van der Waals surface area (Å²) < 4.78 is 96.9. The fraction of sp³-hybridized carbons (Fsp3) is 0. The standard InChI is InChI=1S/C59H39Cl2N5O/c60-49-26-15-27-50(61)59(49)66-54-31-12-8-23-46(54)48-37-62-57(36-56(48)66)65-53-30-11-7-22-45(53)47-33-32-42(35-55(47)65)67-41-21-13-20-40(34-41)63-51-28-9-10-29-52(51)64-58-43(38-16-3-1-4-17-38)24-14-25-44(58)39-18-5-2-6-19-39/h1-37,63-64H/i1D,2D,3D,4D,5D,6D,16D,17D,18D,19D. The summed E-state index contributed by atoms with van der Waals surface area (Å²) in [5, 5.41) is 11.8. The molecule has 6 nitrogen and oxygen atoms in total. The summed E-state index contributed by atoms with van der Waals surface area (Å²) >= 11 is 13.8. The largest absolute Gasteiger partial charge is 0.457 e. The number of fused-ring (bicyclic) bond motifs is 6. The minimum Gasteiger partial charge on any atom is -0.457 e. The minimum absolute atomic E-state index is 0.137. The van der Waals surface area contributed by atoms with Gasteiger partial charge in [-0.25, -0.2) is 4.98 Å². The van der Waals surface area contributed by atoms with Crippen molar-refractivity contribution in [3.63, 3.8) is 0 Å². The Morgan fingerprint density at radius 1 is 0.463 bits per heavy atom. The van der Waals surface area contributed by atoms with Crippen LogP contribution < -0.4 is 15.4 Å². The van der Waals surface area contributed by atoms with Gasteiger partial charge in [0.25, 0.3) is 0 Å².